The Bertz CT molecular complexity index is 713. The summed E-state index contributed by atoms with van der Waals surface area (Å²) in [5, 5.41) is 5.33. The van der Waals surface area contributed by atoms with Gasteiger partial charge in [-0.3, -0.25) is 0 Å². The van der Waals surface area contributed by atoms with E-state index in [9.17, 15) is 0 Å². The molecule has 3 aromatic heterocycles. The van der Waals surface area contributed by atoms with Gasteiger partial charge in [-0.2, -0.15) is 0 Å². The average Bonchev–Trinajstić information content (AvgIpc) is 2.95. The highest BCUT2D eigenvalue weighted by molar-refractivity contribution is 7.18. The maximum Gasteiger partial charge on any atom is 0.167 e. The maximum absolute atomic E-state index is 5.52. The van der Waals surface area contributed by atoms with E-state index in [-0.39, 0.29) is 0 Å². The van der Waals surface area contributed by atoms with E-state index >= 15 is 0 Å². The molecule has 0 aliphatic heterocycles. The van der Waals surface area contributed by atoms with Crippen molar-refractivity contribution in [2.24, 2.45) is 5.73 Å². The monoisotopic (exact) mass is 260 g/mol. The van der Waals surface area contributed by atoms with Crippen molar-refractivity contribution in [2.45, 2.75) is 20.4 Å². The van der Waals surface area contributed by atoms with Crippen molar-refractivity contribution in [1.82, 2.24) is 24.7 Å². The van der Waals surface area contributed by atoms with Gasteiger partial charge in [-0.1, -0.05) is 0 Å². The molecule has 0 spiro atoms. The lowest BCUT2D eigenvalue weighted by molar-refractivity contribution is 0.812. The van der Waals surface area contributed by atoms with Gasteiger partial charge in [0.1, 0.15) is 17.5 Å². The predicted molar refractivity (Wildman–Crippen MR) is 69.7 cm³/mol. The molecule has 0 saturated heterocycles. The van der Waals surface area contributed by atoms with Crippen LogP contribution in [-0.4, -0.2) is 24.7 Å². The highest BCUT2D eigenvalue weighted by Crippen LogP contribution is 2.31. The molecule has 0 aliphatic rings. The van der Waals surface area contributed by atoms with Gasteiger partial charge in [0, 0.05) is 4.88 Å². The van der Waals surface area contributed by atoms with Gasteiger partial charge in [0.2, 0.25) is 0 Å². The lowest BCUT2D eigenvalue weighted by Gasteiger charge is -2.01. The van der Waals surface area contributed by atoms with Crippen molar-refractivity contribution in [2.75, 3.05) is 0 Å². The third kappa shape index (κ3) is 1.59. The van der Waals surface area contributed by atoms with Crippen molar-refractivity contribution >= 4 is 21.6 Å². The van der Waals surface area contributed by atoms with Crippen LogP contribution in [0, 0.1) is 13.8 Å². The second kappa shape index (κ2) is 4.11. The number of nitrogens with zero attached hydrogens (tertiary/aromatic N) is 5. The molecule has 0 fully saturated rings. The highest BCUT2D eigenvalue weighted by Gasteiger charge is 2.14. The van der Waals surface area contributed by atoms with Crippen LogP contribution in [0.25, 0.3) is 16.0 Å². The molecule has 6 nitrogen and oxygen atoms in total. The first kappa shape index (κ1) is 11.2. The average molecular weight is 260 g/mol. The Hall–Kier alpha value is -1.86. The molecule has 3 aromatic rings. The van der Waals surface area contributed by atoms with E-state index in [1.54, 1.807) is 28.7 Å². The zero-order chi connectivity index (χ0) is 12.7. The molecule has 0 bridgehead atoms. The Morgan fingerprint density at radius 3 is 2.83 bits per heavy atom. The van der Waals surface area contributed by atoms with Gasteiger partial charge in [-0.15, -0.1) is 16.4 Å². The maximum atomic E-state index is 5.52. The van der Waals surface area contributed by atoms with Crippen LogP contribution in [0.3, 0.4) is 0 Å². The zero-order valence-corrected chi connectivity index (χ0v) is 10.9. The number of aryl methyl sites for hydroxylation is 2. The molecule has 92 valence electrons. The Labute approximate surface area is 108 Å². The predicted octanol–water partition coefficient (Wildman–Crippen LogP) is 1.35. The normalized spacial score (nSPS) is 11.3. The van der Waals surface area contributed by atoms with Gasteiger partial charge < -0.3 is 5.73 Å². The zero-order valence-electron chi connectivity index (χ0n) is 10.1. The van der Waals surface area contributed by atoms with Crippen LogP contribution in [0.1, 0.15) is 16.3 Å². The molecule has 3 heterocycles. The fraction of sp³-hybridized carbons (Fsp3) is 0.273. The molecule has 0 aliphatic carbocycles. The van der Waals surface area contributed by atoms with Gasteiger partial charge >= 0.3 is 0 Å². The smallest absolute Gasteiger partial charge is 0.167 e. The standard InChI is InChI=1S/C11H12N6S/c1-6-7(2)18-11-9(6)10(13-4-14-11)17-5-15-8(3-12)16-17/h4-5H,3,12H2,1-2H3. The summed E-state index contributed by atoms with van der Waals surface area (Å²) in [6, 6.07) is 0. The van der Waals surface area contributed by atoms with Crippen molar-refractivity contribution < 1.29 is 0 Å². The van der Waals surface area contributed by atoms with Crippen molar-refractivity contribution in [3.63, 3.8) is 0 Å². The summed E-state index contributed by atoms with van der Waals surface area (Å²) in [7, 11) is 0. The molecule has 3 rings (SSSR count). The van der Waals surface area contributed by atoms with E-state index in [0.717, 1.165) is 16.0 Å². The molecule has 0 radical (unpaired) electrons. The third-order valence-corrected chi connectivity index (χ3v) is 4.00. The van der Waals surface area contributed by atoms with Gasteiger partial charge in [0.05, 0.1) is 11.9 Å². The van der Waals surface area contributed by atoms with Crippen LogP contribution < -0.4 is 5.73 Å². The summed E-state index contributed by atoms with van der Waals surface area (Å²) in [4.78, 5) is 14.9. The third-order valence-electron chi connectivity index (χ3n) is 2.88. The molecule has 0 aromatic carbocycles. The lowest BCUT2D eigenvalue weighted by Crippen LogP contribution is -2.03. The van der Waals surface area contributed by atoms with E-state index in [0.29, 0.717) is 12.4 Å². The number of hydrogen-bond donors (Lipinski definition) is 1. The first-order chi connectivity index (χ1) is 8.70. The van der Waals surface area contributed by atoms with Crippen LogP contribution in [0.2, 0.25) is 0 Å². The second-order valence-electron chi connectivity index (χ2n) is 3.97. The summed E-state index contributed by atoms with van der Waals surface area (Å²) in [5.41, 5.74) is 6.71. The van der Waals surface area contributed by atoms with E-state index in [1.807, 2.05) is 0 Å². The topological polar surface area (TPSA) is 82.5 Å². The number of rotatable bonds is 2. The fourth-order valence-corrected chi connectivity index (χ4v) is 2.82. The molecule has 0 atom stereocenters. The number of fused-ring (bicyclic) bond motifs is 1. The number of nitrogens with two attached hydrogens (primary N) is 1. The number of hydrogen-bond acceptors (Lipinski definition) is 6. The lowest BCUT2D eigenvalue weighted by atomic mass is 10.2. The van der Waals surface area contributed by atoms with Gasteiger partial charge in [0.25, 0.3) is 0 Å². The van der Waals surface area contributed by atoms with Gasteiger partial charge in [-0.25, -0.2) is 19.6 Å². The minimum Gasteiger partial charge on any atom is -0.324 e. The van der Waals surface area contributed by atoms with Crippen LogP contribution in [0.5, 0.6) is 0 Å². The minimum atomic E-state index is 0.322. The first-order valence-corrected chi connectivity index (χ1v) is 6.34. The summed E-state index contributed by atoms with van der Waals surface area (Å²) in [6.45, 7) is 4.47. The quantitative estimate of drug-likeness (QED) is 0.752. The Morgan fingerprint density at radius 2 is 2.11 bits per heavy atom. The summed E-state index contributed by atoms with van der Waals surface area (Å²) < 4.78 is 1.66. The second-order valence-corrected chi connectivity index (χ2v) is 5.17. The summed E-state index contributed by atoms with van der Waals surface area (Å²) >= 11 is 1.66. The highest BCUT2D eigenvalue weighted by atomic mass is 32.1. The molecule has 0 saturated carbocycles. The Balaban J connectivity index is 2.28. The van der Waals surface area contributed by atoms with E-state index < -0.39 is 0 Å². The summed E-state index contributed by atoms with van der Waals surface area (Å²) in [6.07, 6.45) is 3.19. The number of aromatic nitrogens is 5. The fourth-order valence-electron chi connectivity index (χ4n) is 1.83. The van der Waals surface area contributed by atoms with Crippen molar-refractivity contribution in [1.29, 1.82) is 0 Å². The molecule has 18 heavy (non-hydrogen) atoms. The first-order valence-electron chi connectivity index (χ1n) is 5.52. The minimum absolute atomic E-state index is 0.322. The molecular weight excluding hydrogens is 248 g/mol. The molecule has 0 amide bonds. The van der Waals surface area contributed by atoms with Crippen molar-refractivity contribution in [3.8, 4) is 5.82 Å². The van der Waals surface area contributed by atoms with Crippen LogP contribution in [0.15, 0.2) is 12.7 Å². The summed E-state index contributed by atoms with van der Waals surface area (Å²) in [5.74, 6) is 1.36. The van der Waals surface area contributed by atoms with Crippen LogP contribution in [-0.2, 0) is 6.54 Å². The number of thiophene rings is 1. The molecule has 0 unspecified atom stereocenters. The Morgan fingerprint density at radius 1 is 1.28 bits per heavy atom. The van der Waals surface area contributed by atoms with Gasteiger partial charge in [0.15, 0.2) is 11.6 Å². The van der Waals surface area contributed by atoms with E-state index in [1.165, 1.54) is 10.4 Å². The Kier molecular flexibility index (Phi) is 2.57. The van der Waals surface area contributed by atoms with Crippen molar-refractivity contribution in [3.05, 3.63) is 28.9 Å². The van der Waals surface area contributed by atoms with Gasteiger partial charge in [-0.05, 0) is 19.4 Å². The molecule has 7 heteroatoms. The van der Waals surface area contributed by atoms with Crippen LogP contribution in [0.4, 0.5) is 0 Å². The molecule has 2 N–H and O–H groups in total. The van der Waals surface area contributed by atoms with E-state index in [4.69, 9.17) is 5.73 Å². The van der Waals surface area contributed by atoms with Crippen LogP contribution >= 0.6 is 11.3 Å². The largest absolute Gasteiger partial charge is 0.324 e. The SMILES string of the molecule is Cc1sc2ncnc(-n3cnc(CN)n3)c2c1C. The van der Waals surface area contributed by atoms with E-state index in [2.05, 4.69) is 33.9 Å². The molecular formula is C11H12N6S.